The maximum Gasteiger partial charge on any atom is 0.224 e. The Morgan fingerprint density at radius 2 is 2.50 bits per heavy atom. The lowest BCUT2D eigenvalue weighted by Crippen LogP contribution is -2.27. The molecule has 0 aliphatic heterocycles. The largest absolute Gasteiger partial charge is 0.335 e. The van der Waals surface area contributed by atoms with Gasteiger partial charge in [0.2, 0.25) is 5.91 Å². The van der Waals surface area contributed by atoms with Crippen LogP contribution < -0.4 is 0 Å². The van der Waals surface area contributed by atoms with E-state index < -0.39 is 0 Å². The van der Waals surface area contributed by atoms with Gasteiger partial charge in [-0.15, -0.1) is 6.42 Å². The topological polar surface area (TPSA) is 38.1 Å². The van der Waals surface area contributed by atoms with Crippen LogP contribution in [-0.4, -0.2) is 34.2 Å². The summed E-state index contributed by atoms with van der Waals surface area (Å²) in [6.07, 6.45) is 9.04. The minimum Gasteiger partial charge on any atom is -0.335 e. The van der Waals surface area contributed by atoms with Crippen LogP contribution in [0.15, 0.2) is 18.5 Å². The summed E-state index contributed by atoms with van der Waals surface area (Å²) in [5.41, 5.74) is 0. The van der Waals surface area contributed by atoms with Crippen LogP contribution in [0.2, 0.25) is 0 Å². The SMILES string of the molecule is C#CCN(C)C(=O)CCn1cccn1. The van der Waals surface area contributed by atoms with Gasteiger partial charge in [-0.25, -0.2) is 0 Å². The van der Waals surface area contributed by atoms with Crippen LogP contribution in [0.3, 0.4) is 0 Å². The Bertz CT molecular complexity index is 324. The molecule has 4 nitrogen and oxygen atoms in total. The van der Waals surface area contributed by atoms with E-state index >= 15 is 0 Å². The Balaban J connectivity index is 2.32. The summed E-state index contributed by atoms with van der Waals surface area (Å²) in [6, 6.07) is 1.83. The molecule has 74 valence electrons. The number of hydrogen-bond donors (Lipinski definition) is 0. The minimum absolute atomic E-state index is 0.0402. The number of rotatable bonds is 4. The molecule has 1 amide bonds. The first-order valence-corrected chi connectivity index (χ1v) is 4.39. The molecule has 0 saturated carbocycles. The fourth-order valence-corrected chi connectivity index (χ4v) is 1.06. The van der Waals surface area contributed by atoms with E-state index in [1.54, 1.807) is 17.9 Å². The lowest BCUT2D eigenvalue weighted by Gasteiger charge is -2.13. The highest BCUT2D eigenvalue weighted by atomic mass is 16.2. The maximum absolute atomic E-state index is 11.4. The maximum atomic E-state index is 11.4. The number of amides is 1. The molecule has 0 atom stereocenters. The van der Waals surface area contributed by atoms with Gasteiger partial charge < -0.3 is 4.90 Å². The number of nitrogens with zero attached hydrogens (tertiary/aromatic N) is 3. The van der Waals surface area contributed by atoms with Crippen molar-refractivity contribution in [2.45, 2.75) is 13.0 Å². The Hall–Kier alpha value is -1.76. The van der Waals surface area contributed by atoms with E-state index in [1.807, 2.05) is 12.3 Å². The van der Waals surface area contributed by atoms with Crippen LogP contribution in [0.5, 0.6) is 0 Å². The third kappa shape index (κ3) is 2.94. The summed E-state index contributed by atoms with van der Waals surface area (Å²) in [5, 5.41) is 4.00. The molecular weight excluding hydrogens is 178 g/mol. The second-order valence-corrected chi connectivity index (χ2v) is 2.97. The zero-order valence-corrected chi connectivity index (χ0v) is 8.18. The number of terminal acetylenes is 1. The molecule has 14 heavy (non-hydrogen) atoms. The van der Waals surface area contributed by atoms with Crippen LogP contribution in [0, 0.1) is 12.3 Å². The second-order valence-electron chi connectivity index (χ2n) is 2.97. The number of aryl methyl sites for hydroxylation is 1. The van der Waals surface area contributed by atoms with Crippen LogP contribution in [0.1, 0.15) is 6.42 Å². The van der Waals surface area contributed by atoms with E-state index in [0.29, 0.717) is 19.5 Å². The van der Waals surface area contributed by atoms with E-state index in [9.17, 15) is 4.79 Å². The van der Waals surface area contributed by atoms with Crippen LogP contribution in [-0.2, 0) is 11.3 Å². The van der Waals surface area contributed by atoms with Gasteiger partial charge in [-0.3, -0.25) is 9.48 Å². The van der Waals surface area contributed by atoms with Gasteiger partial charge in [-0.1, -0.05) is 5.92 Å². The molecule has 0 aliphatic carbocycles. The zero-order chi connectivity index (χ0) is 10.4. The Morgan fingerprint density at radius 3 is 3.07 bits per heavy atom. The highest BCUT2D eigenvalue weighted by Gasteiger charge is 2.06. The monoisotopic (exact) mass is 191 g/mol. The molecule has 0 aromatic carbocycles. The number of carbonyl (C=O) groups is 1. The Kier molecular flexibility index (Phi) is 3.74. The molecule has 0 N–H and O–H groups in total. The summed E-state index contributed by atoms with van der Waals surface area (Å²) < 4.78 is 1.72. The lowest BCUT2D eigenvalue weighted by molar-refractivity contribution is -0.129. The van der Waals surface area contributed by atoms with Crippen molar-refractivity contribution in [1.29, 1.82) is 0 Å². The van der Waals surface area contributed by atoms with Gasteiger partial charge in [0.1, 0.15) is 0 Å². The molecular formula is C10H13N3O. The standard InChI is InChI=1S/C10H13N3O/c1-3-7-12(2)10(14)5-9-13-8-4-6-11-13/h1,4,6,8H,5,7,9H2,2H3. The van der Waals surface area contributed by atoms with Crippen molar-refractivity contribution in [2.24, 2.45) is 0 Å². The van der Waals surface area contributed by atoms with E-state index in [0.717, 1.165) is 0 Å². The van der Waals surface area contributed by atoms with Crippen LogP contribution in [0.25, 0.3) is 0 Å². The summed E-state index contributed by atoms with van der Waals surface area (Å²) >= 11 is 0. The van der Waals surface area contributed by atoms with E-state index in [2.05, 4.69) is 11.0 Å². The van der Waals surface area contributed by atoms with Crippen molar-refractivity contribution >= 4 is 5.91 Å². The quantitative estimate of drug-likeness (QED) is 0.645. The molecule has 1 rings (SSSR count). The first-order valence-electron chi connectivity index (χ1n) is 4.39. The summed E-state index contributed by atoms with van der Waals surface area (Å²) in [5.74, 6) is 2.46. The zero-order valence-electron chi connectivity index (χ0n) is 8.18. The van der Waals surface area contributed by atoms with Crippen molar-refractivity contribution in [1.82, 2.24) is 14.7 Å². The van der Waals surface area contributed by atoms with Gasteiger partial charge in [0, 0.05) is 32.4 Å². The molecule has 0 fully saturated rings. The smallest absolute Gasteiger partial charge is 0.224 e. The minimum atomic E-state index is 0.0402. The predicted molar refractivity (Wildman–Crippen MR) is 53.3 cm³/mol. The van der Waals surface area contributed by atoms with Crippen LogP contribution >= 0.6 is 0 Å². The lowest BCUT2D eigenvalue weighted by atomic mass is 10.3. The third-order valence-electron chi connectivity index (χ3n) is 1.87. The van der Waals surface area contributed by atoms with Gasteiger partial charge in [0.25, 0.3) is 0 Å². The van der Waals surface area contributed by atoms with Gasteiger partial charge >= 0.3 is 0 Å². The molecule has 4 heteroatoms. The molecule has 0 unspecified atom stereocenters. The first kappa shape index (κ1) is 10.3. The van der Waals surface area contributed by atoms with Gasteiger partial charge in [-0.05, 0) is 6.07 Å². The molecule has 1 aromatic heterocycles. The molecule has 0 spiro atoms. The normalized spacial score (nSPS) is 9.43. The van der Waals surface area contributed by atoms with Gasteiger partial charge in [0.05, 0.1) is 6.54 Å². The fraction of sp³-hybridized carbons (Fsp3) is 0.400. The molecule has 0 saturated heterocycles. The summed E-state index contributed by atoms with van der Waals surface area (Å²) in [6.45, 7) is 0.957. The molecule has 0 bridgehead atoms. The van der Waals surface area contributed by atoms with Crippen molar-refractivity contribution < 1.29 is 4.79 Å². The molecule has 1 aromatic rings. The van der Waals surface area contributed by atoms with E-state index in [-0.39, 0.29) is 5.91 Å². The molecule has 1 heterocycles. The van der Waals surface area contributed by atoms with Crippen molar-refractivity contribution in [3.05, 3.63) is 18.5 Å². The second kappa shape index (κ2) is 5.07. The average molecular weight is 191 g/mol. The molecule has 0 radical (unpaired) electrons. The first-order chi connectivity index (χ1) is 6.74. The Labute approximate surface area is 83.5 Å². The fourth-order valence-electron chi connectivity index (χ4n) is 1.06. The van der Waals surface area contributed by atoms with E-state index in [1.165, 1.54) is 4.90 Å². The average Bonchev–Trinajstić information content (AvgIpc) is 2.67. The van der Waals surface area contributed by atoms with Crippen molar-refractivity contribution in [2.75, 3.05) is 13.6 Å². The summed E-state index contributed by atoms with van der Waals surface area (Å²) in [7, 11) is 1.70. The highest BCUT2D eigenvalue weighted by Crippen LogP contribution is 1.94. The Morgan fingerprint density at radius 1 is 1.71 bits per heavy atom. The van der Waals surface area contributed by atoms with Gasteiger partial charge in [0.15, 0.2) is 0 Å². The van der Waals surface area contributed by atoms with Gasteiger partial charge in [-0.2, -0.15) is 5.10 Å². The van der Waals surface area contributed by atoms with E-state index in [4.69, 9.17) is 6.42 Å². The molecule has 0 aliphatic rings. The predicted octanol–water partition coefficient (Wildman–Crippen LogP) is 0.365. The third-order valence-corrected chi connectivity index (χ3v) is 1.87. The van der Waals surface area contributed by atoms with Crippen molar-refractivity contribution in [3.63, 3.8) is 0 Å². The number of carbonyl (C=O) groups excluding carboxylic acids is 1. The highest BCUT2D eigenvalue weighted by molar-refractivity contribution is 5.76. The number of hydrogen-bond acceptors (Lipinski definition) is 2. The van der Waals surface area contributed by atoms with Crippen LogP contribution in [0.4, 0.5) is 0 Å². The number of aromatic nitrogens is 2. The summed E-state index contributed by atoms with van der Waals surface area (Å²) in [4.78, 5) is 12.9. The van der Waals surface area contributed by atoms with Crippen molar-refractivity contribution in [3.8, 4) is 12.3 Å².